The minimum absolute atomic E-state index is 0.0559. The molecule has 1 fully saturated rings. The standard InChI is InChI=1S/C18H29NO4/c1-4-18(14-20)9-6-10-19(13-18)11-12-23-17-15(21-2)7-5-8-16(17)22-3/h5,7-8,20H,4,6,9-14H2,1-3H3/t18-/m1/s1. The SMILES string of the molecule is CC[C@@]1(CO)CCCN(CCOc2c(OC)cccc2OC)C1. The monoisotopic (exact) mass is 323 g/mol. The van der Waals surface area contributed by atoms with E-state index in [1.807, 2.05) is 18.2 Å². The summed E-state index contributed by atoms with van der Waals surface area (Å²) < 4.78 is 16.6. The van der Waals surface area contributed by atoms with Crippen molar-refractivity contribution in [3.63, 3.8) is 0 Å². The Morgan fingerprint density at radius 1 is 1.22 bits per heavy atom. The second-order valence-corrected chi connectivity index (χ2v) is 6.23. The summed E-state index contributed by atoms with van der Waals surface area (Å²) in [6.45, 7) is 5.84. The van der Waals surface area contributed by atoms with Crippen LogP contribution in [0.3, 0.4) is 0 Å². The van der Waals surface area contributed by atoms with E-state index in [0.717, 1.165) is 38.9 Å². The fourth-order valence-corrected chi connectivity index (χ4v) is 3.27. The van der Waals surface area contributed by atoms with Crippen LogP contribution in [-0.4, -0.2) is 57.1 Å². The Morgan fingerprint density at radius 2 is 1.91 bits per heavy atom. The molecule has 1 saturated heterocycles. The van der Waals surface area contributed by atoms with Crippen LogP contribution in [0.5, 0.6) is 17.2 Å². The second kappa shape index (κ2) is 8.41. The molecule has 23 heavy (non-hydrogen) atoms. The number of piperidine rings is 1. The third kappa shape index (κ3) is 4.30. The molecule has 130 valence electrons. The highest BCUT2D eigenvalue weighted by Gasteiger charge is 2.33. The number of benzene rings is 1. The van der Waals surface area contributed by atoms with Gasteiger partial charge in [-0.25, -0.2) is 0 Å². The largest absolute Gasteiger partial charge is 0.493 e. The van der Waals surface area contributed by atoms with E-state index in [1.54, 1.807) is 14.2 Å². The van der Waals surface area contributed by atoms with Gasteiger partial charge in [0.15, 0.2) is 11.5 Å². The van der Waals surface area contributed by atoms with Crippen LogP contribution < -0.4 is 14.2 Å². The smallest absolute Gasteiger partial charge is 0.203 e. The number of rotatable bonds is 8. The number of hydrogen-bond donors (Lipinski definition) is 1. The van der Waals surface area contributed by atoms with E-state index < -0.39 is 0 Å². The molecule has 0 radical (unpaired) electrons. The van der Waals surface area contributed by atoms with E-state index in [0.29, 0.717) is 23.9 Å². The molecule has 5 nitrogen and oxygen atoms in total. The zero-order valence-corrected chi connectivity index (χ0v) is 14.5. The van der Waals surface area contributed by atoms with Crippen molar-refractivity contribution in [1.29, 1.82) is 0 Å². The van der Waals surface area contributed by atoms with Gasteiger partial charge >= 0.3 is 0 Å². The maximum atomic E-state index is 9.71. The normalized spacial score (nSPS) is 21.9. The predicted molar refractivity (Wildman–Crippen MR) is 90.5 cm³/mol. The van der Waals surface area contributed by atoms with E-state index >= 15 is 0 Å². The molecule has 1 aromatic rings. The Balaban J connectivity index is 1.92. The third-order valence-corrected chi connectivity index (χ3v) is 4.86. The molecule has 1 aliphatic heterocycles. The number of nitrogens with zero attached hydrogens (tertiary/aromatic N) is 1. The third-order valence-electron chi connectivity index (χ3n) is 4.86. The fourth-order valence-electron chi connectivity index (χ4n) is 3.27. The fraction of sp³-hybridized carbons (Fsp3) is 0.667. The van der Waals surface area contributed by atoms with Crippen molar-refractivity contribution >= 4 is 0 Å². The zero-order valence-electron chi connectivity index (χ0n) is 14.5. The van der Waals surface area contributed by atoms with Crippen LogP contribution in [0.2, 0.25) is 0 Å². The first-order valence-electron chi connectivity index (χ1n) is 8.35. The Labute approximate surface area is 139 Å². The van der Waals surface area contributed by atoms with Gasteiger partial charge in [0.25, 0.3) is 0 Å². The summed E-state index contributed by atoms with van der Waals surface area (Å²) in [5.74, 6) is 2.01. The predicted octanol–water partition coefficient (Wildman–Crippen LogP) is 2.57. The van der Waals surface area contributed by atoms with Crippen molar-refractivity contribution in [2.24, 2.45) is 5.41 Å². The second-order valence-electron chi connectivity index (χ2n) is 6.23. The van der Waals surface area contributed by atoms with E-state index in [9.17, 15) is 5.11 Å². The number of likely N-dealkylation sites (tertiary alicyclic amines) is 1. The van der Waals surface area contributed by atoms with Gasteiger partial charge in [0, 0.05) is 25.1 Å². The van der Waals surface area contributed by atoms with Gasteiger partial charge in [0.05, 0.1) is 14.2 Å². The van der Waals surface area contributed by atoms with Crippen molar-refractivity contribution < 1.29 is 19.3 Å². The summed E-state index contributed by atoms with van der Waals surface area (Å²) in [6, 6.07) is 5.62. The summed E-state index contributed by atoms with van der Waals surface area (Å²) >= 11 is 0. The molecule has 0 bridgehead atoms. The highest BCUT2D eigenvalue weighted by molar-refractivity contribution is 5.51. The Morgan fingerprint density at radius 3 is 2.48 bits per heavy atom. The highest BCUT2D eigenvalue weighted by Crippen LogP contribution is 2.37. The Kier molecular flexibility index (Phi) is 6.54. The molecule has 1 heterocycles. The Bertz CT molecular complexity index is 466. The molecule has 0 aliphatic carbocycles. The van der Waals surface area contributed by atoms with Crippen LogP contribution in [0.15, 0.2) is 18.2 Å². The molecule has 2 rings (SSSR count). The molecule has 5 heteroatoms. The maximum absolute atomic E-state index is 9.71. The van der Waals surface area contributed by atoms with Crippen LogP contribution in [0.1, 0.15) is 26.2 Å². The van der Waals surface area contributed by atoms with Gasteiger partial charge in [-0.15, -0.1) is 0 Å². The summed E-state index contributed by atoms with van der Waals surface area (Å²) in [5.41, 5.74) is 0.0559. The van der Waals surface area contributed by atoms with Crippen LogP contribution in [0, 0.1) is 5.41 Å². The van der Waals surface area contributed by atoms with E-state index in [2.05, 4.69) is 11.8 Å². The lowest BCUT2D eigenvalue weighted by atomic mass is 9.78. The van der Waals surface area contributed by atoms with Crippen molar-refractivity contribution in [3.8, 4) is 17.2 Å². The first kappa shape index (κ1) is 17.9. The molecule has 0 spiro atoms. The van der Waals surface area contributed by atoms with E-state index in [-0.39, 0.29) is 12.0 Å². The first-order chi connectivity index (χ1) is 11.2. The topological polar surface area (TPSA) is 51.2 Å². The molecule has 0 unspecified atom stereocenters. The van der Waals surface area contributed by atoms with Gasteiger partial charge in [-0.3, -0.25) is 4.90 Å². The maximum Gasteiger partial charge on any atom is 0.203 e. The van der Waals surface area contributed by atoms with E-state index in [1.165, 1.54) is 0 Å². The van der Waals surface area contributed by atoms with E-state index in [4.69, 9.17) is 14.2 Å². The van der Waals surface area contributed by atoms with Crippen molar-refractivity contribution in [2.75, 3.05) is 47.1 Å². The van der Waals surface area contributed by atoms with Crippen LogP contribution in [0.25, 0.3) is 0 Å². The number of methoxy groups -OCH3 is 2. The lowest BCUT2D eigenvalue weighted by molar-refractivity contribution is 0.0240. The number of aliphatic hydroxyl groups excluding tert-OH is 1. The molecule has 1 aromatic carbocycles. The number of hydrogen-bond acceptors (Lipinski definition) is 5. The minimum atomic E-state index is 0.0559. The summed E-state index contributed by atoms with van der Waals surface area (Å²) in [7, 11) is 3.26. The average Bonchev–Trinajstić information content (AvgIpc) is 2.61. The van der Waals surface area contributed by atoms with Gasteiger partial charge in [0.2, 0.25) is 5.75 Å². The number of para-hydroxylation sites is 1. The molecule has 0 saturated carbocycles. The summed E-state index contributed by atoms with van der Waals surface area (Å²) in [5, 5.41) is 9.71. The quantitative estimate of drug-likeness (QED) is 0.797. The van der Waals surface area contributed by atoms with Crippen molar-refractivity contribution in [2.45, 2.75) is 26.2 Å². The lowest BCUT2D eigenvalue weighted by Gasteiger charge is -2.41. The average molecular weight is 323 g/mol. The molecule has 1 aliphatic rings. The Hall–Kier alpha value is -1.46. The molecular formula is C18H29NO4. The lowest BCUT2D eigenvalue weighted by Crippen LogP contribution is -2.46. The molecule has 1 atom stereocenters. The highest BCUT2D eigenvalue weighted by atomic mass is 16.5. The van der Waals surface area contributed by atoms with Crippen molar-refractivity contribution in [1.82, 2.24) is 4.90 Å². The summed E-state index contributed by atoms with van der Waals surface area (Å²) in [6.07, 6.45) is 3.26. The molecular weight excluding hydrogens is 294 g/mol. The van der Waals surface area contributed by atoms with Gasteiger partial charge in [-0.2, -0.15) is 0 Å². The van der Waals surface area contributed by atoms with Gasteiger partial charge in [-0.05, 0) is 37.9 Å². The van der Waals surface area contributed by atoms with Crippen LogP contribution >= 0.6 is 0 Å². The van der Waals surface area contributed by atoms with Crippen LogP contribution in [0.4, 0.5) is 0 Å². The van der Waals surface area contributed by atoms with Crippen molar-refractivity contribution in [3.05, 3.63) is 18.2 Å². The zero-order chi connectivity index (χ0) is 16.7. The van der Waals surface area contributed by atoms with Gasteiger partial charge < -0.3 is 19.3 Å². The first-order valence-corrected chi connectivity index (χ1v) is 8.35. The molecule has 0 amide bonds. The molecule has 1 N–H and O–H groups in total. The summed E-state index contributed by atoms with van der Waals surface area (Å²) in [4.78, 5) is 2.38. The number of aliphatic hydroxyl groups is 1. The minimum Gasteiger partial charge on any atom is -0.493 e. The van der Waals surface area contributed by atoms with Gasteiger partial charge in [-0.1, -0.05) is 13.0 Å². The van der Waals surface area contributed by atoms with Gasteiger partial charge in [0.1, 0.15) is 6.61 Å². The van der Waals surface area contributed by atoms with Crippen LogP contribution in [-0.2, 0) is 0 Å². The number of ether oxygens (including phenoxy) is 3. The molecule has 0 aromatic heterocycles.